The van der Waals surface area contributed by atoms with Gasteiger partial charge >= 0.3 is 6.01 Å². The summed E-state index contributed by atoms with van der Waals surface area (Å²) in [6.45, 7) is 3.08. The number of phenolic OH excluding ortho intramolecular Hbond substituents is 1. The lowest BCUT2D eigenvalue weighted by Gasteiger charge is -2.42. The van der Waals surface area contributed by atoms with Crippen LogP contribution in [0.25, 0.3) is 32.8 Å². The first-order valence-electron chi connectivity index (χ1n) is 14.2. The molecule has 4 heterocycles. The van der Waals surface area contributed by atoms with Gasteiger partial charge in [0.05, 0.1) is 5.52 Å². The molecule has 3 atom stereocenters. The maximum atomic E-state index is 10.5. The third kappa shape index (κ3) is 4.34. The van der Waals surface area contributed by atoms with Crippen LogP contribution in [0, 0.1) is 5.41 Å². The molecule has 40 heavy (non-hydrogen) atoms. The number of piperazine rings is 1. The predicted octanol–water partition coefficient (Wildman–Crippen LogP) is 4.18. The summed E-state index contributed by atoms with van der Waals surface area (Å²) in [7, 11) is 2.14. The van der Waals surface area contributed by atoms with Crippen molar-refractivity contribution in [2.45, 2.75) is 43.8 Å². The van der Waals surface area contributed by atoms with E-state index in [0.29, 0.717) is 31.7 Å². The van der Waals surface area contributed by atoms with Crippen LogP contribution in [-0.4, -0.2) is 82.2 Å². The molecular weight excluding hydrogens is 502 g/mol. The number of fused-ring (bicyclic) bond motifs is 4. The van der Waals surface area contributed by atoms with Gasteiger partial charge in [-0.15, -0.1) is 0 Å². The third-order valence-electron chi connectivity index (χ3n) is 8.96. The molecule has 0 spiro atoms. The van der Waals surface area contributed by atoms with Gasteiger partial charge in [-0.1, -0.05) is 30.3 Å². The molecule has 1 aromatic heterocycles. The van der Waals surface area contributed by atoms with Gasteiger partial charge in [-0.2, -0.15) is 9.97 Å². The Kier molecular flexibility index (Phi) is 6.11. The SMILES string of the molecule is CN1CCC[C@H]1COc1nc(N2[C@@H]3CC[C@H]2CN(C(=N)N)C3)c2ccc(-c3cc(O)cc4ccccc34)cc2n1. The molecule has 3 aliphatic rings. The van der Waals surface area contributed by atoms with Crippen molar-refractivity contribution in [1.29, 1.82) is 5.41 Å². The summed E-state index contributed by atoms with van der Waals surface area (Å²) in [6.07, 6.45) is 4.37. The van der Waals surface area contributed by atoms with E-state index >= 15 is 0 Å². The molecule has 0 aliphatic carbocycles. The number of guanidine groups is 1. The van der Waals surface area contributed by atoms with E-state index in [2.05, 4.69) is 41.1 Å². The van der Waals surface area contributed by atoms with Gasteiger partial charge in [0.15, 0.2) is 5.96 Å². The van der Waals surface area contributed by atoms with Gasteiger partial charge in [0.2, 0.25) is 0 Å². The highest BCUT2D eigenvalue weighted by molar-refractivity contribution is 6.01. The Labute approximate surface area is 233 Å². The standard InChI is InChI=1S/C31H35N7O2/c1-36-12-4-6-23(36)18-40-31-34-28-14-20(27-15-24(39)13-19-5-2-3-7-25(19)27)8-11-26(28)29(35-31)38-21-9-10-22(38)17-37(16-21)30(32)33/h2-3,5,7-8,11,13-15,21-23,39H,4,6,9-10,12,16-18H2,1H3,(H3,32,33)/t21-,22+,23-/m0/s1. The normalized spacial score (nSPS) is 22.9. The van der Waals surface area contributed by atoms with Gasteiger partial charge in [-0.3, -0.25) is 5.41 Å². The molecule has 0 amide bonds. The first-order chi connectivity index (χ1) is 19.4. The number of rotatable bonds is 5. The monoisotopic (exact) mass is 537 g/mol. The number of hydrogen-bond acceptors (Lipinski definition) is 7. The van der Waals surface area contributed by atoms with E-state index in [1.807, 2.05) is 29.2 Å². The van der Waals surface area contributed by atoms with Crippen molar-refractivity contribution < 1.29 is 9.84 Å². The molecule has 3 saturated heterocycles. The minimum absolute atomic E-state index is 0.136. The molecule has 3 fully saturated rings. The van der Waals surface area contributed by atoms with Gasteiger partial charge < -0.3 is 30.3 Å². The number of nitrogens with one attached hydrogen (secondary N) is 1. The number of anilines is 1. The van der Waals surface area contributed by atoms with E-state index in [-0.39, 0.29) is 23.8 Å². The molecule has 0 radical (unpaired) electrons. The minimum atomic E-state index is 0.136. The number of nitrogens with zero attached hydrogens (tertiary/aromatic N) is 5. The minimum Gasteiger partial charge on any atom is -0.508 e. The second-order valence-corrected chi connectivity index (χ2v) is 11.4. The number of likely N-dealkylation sites (N-methyl/N-ethyl adjacent to an activating group) is 1. The molecule has 206 valence electrons. The van der Waals surface area contributed by atoms with E-state index in [0.717, 1.165) is 64.4 Å². The van der Waals surface area contributed by atoms with Crippen molar-refractivity contribution in [1.82, 2.24) is 19.8 Å². The fourth-order valence-electron chi connectivity index (χ4n) is 6.86. The first kappa shape index (κ1) is 24.9. The average molecular weight is 538 g/mol. The summed E-state index contributed by atoms with van der Waals surface area (Å²) in [5.41, 5.74) is 8.63. The van der Waals surface area contributed by atoms with Gasteiger partial charge in [-0.05, 0) is 85.4 Å². The number of likely N-dealkylation sites (tertiary alicyclic amines) is 2. The molecule has 3 aliphatic heterocycles. The van der Waals surface area contributed by atoms with Crippen molar-refractivity contribution in [3.05, 3.63) is 54.6 Å². The number of phenols is 1. The zero-order chi connectivity index (χ0) is 27.4. The Morgan fingerprint density at radius 1 is 1.02 bits per heavy atom. The van der Waals surface area contributed by atoms with Crippen LogP contribution in [0.2, 0.25) is 0 Å². The van der Waals surface area contributed by atoms with Crippen LogP contribution in [0.3, 0.4) is 0 Å². The van der Waals surface area contributed by atoms with Crippen LogP contribution in [0.1, 0.15) is 25.7 Å². The average Bonchev–Trinajstić information content (AvgIpc) is 3.48. The Hall–Kier alpha value is -4.11. The van der Waals surface area contributed by atoms with Crippen molar-refractivity contribution in [2.75, 3.05) is 38.2 Å². The highest BCUT2D eigenvalue weighted by Crippen LogP contribution is 2.40. The van der Waals surface area contributed by atoms with Crippen LogP contribution in [-0.2, 0) is 0 Å². The van der Waals surface area contributed by atoms with Gasteiger partial charge in [0, 0.05) is 36.6 Å². The van der Waals surface area contributed by atoms with Crippen LogP contribution in [0.4, 0.5) is 5.82 Å². The summed E-state index contributed by atoms with van der Waals surface area (Å²) in [4.78, 5) is 16.7. The lowest BCUT2D eigenvalue weighted by molar-refractivity contribution is 0.188. The van der Waals surface area contributed by atoms with Crippen LogP contribution in [0.5, 0.6) is 11.8 Å². The van der Waals surface area contributed by atoms with E-state index in [1.54, 1.807) is 6.07 Å². The highest BCUT2D eigenvalue weighted by Gasteiger charge is 2.42. The molecule has 7 rings (SSSR count). The molecule has 2 bridgehead atoms. The highest BCUT2D eigenvalue weighted by atomic mass is 16.5. The van der Waals surface area contributed by atoms with Crippen LogP contribution >= 0.6 is 0 Å². The van der Waals surface area contributed by atoms with Crippen LogP contribution in [0.15, 0.2) is 54.6 Å². The quantitative estimate of drug-likeness (QED) is 0.257. The lowest BCUT2D eigenvalue weighted by atomic mass is 9.97. The largest absolute Gasteiger partial charge is 0.508 e. The zero-order valence-electron chi connectivity index (χ0n) is 22.8. The molecule has 0 unspecified atom stereocenters. The number of aromatic nitrogens is 2. The smallest absolute Gasteiger partial charge is 0.319 e. The van der Waals surface area contributed by atoms with Gasteiger partial charge in [-0.25, -0.2) is 0 Å². The topological polar surface area (TPSA) is 115 Å². The number of ether oxygens (including phenoxy) is 1. The summed E-state index contributed by atoms with van der Waals surface area (Å²) < 4.78 is 6.29. The molecule has 0 saturated carbocycles. The lowest BCUT2D eigenvalue weighted by Crippen LogP contribution is -2.57. The Bertz CT molecular complexity index is 1590. The number of hydrogen-bond donors (Lipinski definition) is 3. The number of aromatic hydroxyl groups is 1. The van der Waals surface area contributed by atoms with Crippen molar-refractivity contribution >= 4 is 33.5 Å². The van der Waals surface area contributed by atoms with Gasteiger partial charge in [0.25, 0.3) is 0 Å². The van der Waals surface area contributed by atoms with Gasteiger partial charge in [0.1, 0.15) is 18.2 Å². The maximum absolute atomic E-state index is 10.5. The fraction of sp³-hybridized carbons (Fsp3) is 0.387. The third-order valence-corrected chi connectivity index (χ3v) is 8.96. The van der Waals surface area contributed by atoms with E-state index in [1.165, 1.54) is 6.42 Å². The van der Waals surface area contributed by atoms with Crippen molar-refractivity contribution in [3.63, 3.8) is 0 Å². The van der Waals surface area contributed by atoms with Crippen molar-refractivity contribution in [3.8, 4) is 22.9 Å². The zero-order valence-corrected chi connectivity index (χ0v) is 22.8. The van der Waals surface area contributed by atoms with Crippen LogP contribution < -0.4 is 15.4 Å². The molecule has 3 aromatic carbocycles. The van der Waals surface area contributed by atoms with E-state index in [4.69, 9.17) is 25.8 Å². The Morgan fingerprint density at radius 3 is 2.58 bits per heavy atom. The molecule has 9 heteroatoms. The number of nitrogens with two attached hydrogens (primary N) is 1. The first-order valence-corrected chi connectivity index (χ1v) is 14.2. The Morgan fingerprint density at radius 2 is 1.82 bits per heavy atom. The summed E-state index contributed by atoms with van der Waals surface area (Å²) >= 11 is 0. The summed E-state index contributed by atoms with van der Waals surface area (Å²) in [5.74, 6) is 1.27. The molecule has 9 nitrogen and oxygen atoms in total. The molecule has 4 aromatic rings. The molecule has 4 N–H and O–H groups in total. The van der Waals surface area contributed by atoms with E-state index in [9.17, 15) is 5.11 Å². The summed E-state index contributed by atoms with van der Waals surface area (Å²) in [5, 5.41) is 21.5. The van der Waals surface area contributed by atoms with E-state index < -0.39 is 0 Å². The molecular formula is C31H35N7O2. The Balaban J connectivity index is 1.33. The second-order valence-electron chi connectivity index (χ2n) is 11.4. The fourth-order valence-corrected chi connectivity index (χ4v) is 6.86. The van der Waals surface area contributed by atoms with Crippen molar-refractivity contribution in [2.24, 2.45) is 5.73 Å². The predicted molar refractivity (Wildman–Crippen MR) is 158 cm³/mol. The summed E-state index contributed by atoms with van der Waals surface area (Å²) in [6, 6.07) is 19.2. The maximum Gasteiger partial charge on any atom is 0.319 e. The number of benzene rings is 3. The second kappa shape index (κ2) is 9.82.